The van der Waals surface area contributed by atoms with Crippen molar-refractivity contribution in [1.29, 1.82) is 0 Å². The molecule has 6 heteroatoms. The molecule has 30 heavy (non-hydrogen) atoms. The lowest BCUT2D eigenvalue weighted by Crippen LogP contribution is -2.43. The summed E-state index contributed by atoms with van der Waals surface area (Å²) in [5.41, 5.74) is 3.87. The molecule has 0 spiro atoms. The van der Waals surface area contributed by atoms with Crippen LogP contribution in [-0.2, 0) is 22.5 Å². The maximum Gasteiger partial charge on any atom is 0.310 e. The van der Waals surface area contributed by atoms with Crippen LogP contribution in [0.5, 0.6) is 0 Å². The molecule has 1 atom stereocenters. The maximum atomic E-state index is 13.5. The predicted molar refractivity (Wildman–Crippen MR) is 115 cm³/mol. The van der Waals surface area contributed by atoms with Crippen LogP contribution < -0.4 is 0 Å². The number of carbonyl (C=O) groups excluding carboxylic acids is 2. The second-order valence-electron chi connectivity index (χ2n) is 8.40. The second kappa shape index (κ2) is 9.02. The molecule has 0 saturated carbocycles. The first-order chi connectivity index (χ1) is 14.6. The lowest BCUT2D eigenvalue weighted by Gasteiger charge is -2.31. The molecular weight excluding hydrogens is 378 g/mol. The van der Waals surface area contributed by atoms with E-state index in [4.69, 9.17) is 9.72 Å². The molecule has 1 unspecified atom stereocenters. The fraction of sp³-hybridized carbons (Fsp3) is 0.542. The average Bonchev–Trinajstić information content (AvgIpc) is 2.95. The van der Waals surface area contributed by atoms with E-state index in [1.807, 2.05) is 6.92 Å². The number of aryl methyl sites for hydroxylation is 1. The lowest BCUT2D eigenvalue weighted by atomic mass is 9.97. The van der Waals surface area contributed by atoms with Crippen molar-refractivity contribution in [2.75, 3.05) is 19.7 Å². The van der Waals surface area contributed by atoms with E-state index >= 15 is 0 Å². The normalized spacial score (nSPS) is 19.1. The van der Waals surface area contributed by atoms with Crippen molar-refractivity contribution in [3.63, 3.8) is 0 Å². The average molecular weight is 410 g/mol. The van der Waals surface area contributed by atoms with Gasteiger partial charge in [-0.25, -0.2) is 4.98 Å². The zero-order valence-corrected chi connectivity index (χ0v) is 18.0. The Morgan fingerprint density at radius 3 is 2.67 bits per heavy atom. The molecule has 0 bridgehead atoms. The third-order valence-electron chi connectivity index (χ3n) is 6.21. The fourth-order valence-corrected chi connectivity index (χ4v) is 4.58. The Morgan fingerprint density at radius 1 is 1.10 bits per heavy atom. The first-order valence-electron chi connectivity index (χ1n) is 11.2. The van der Waals surface area contributed by atoms with Crippen LogP contribution in [0.3, 0.4) is 0 Å². The quantitative estimate of drug-likeness (QED) is 0.716. The number of amides is 1. The highest BCUT2D eigenvalue weighted by atomic mass is 16.5. The second-order valence-corrected chi connectivity index (χ2v) is 8.40. The van der Waals surface area contributed by atoms with Gasteiger partial charge in [-0.3, -0.25) is 9.59 Å². The molecular formula is C24H31N3O3. The number of piperidine rings is 1. The molecule has 2 aromatic rings. The number of ether oxygens (including phenoxy) is 1. The highest BCUT2D eigenvalue weighted by Crippen LogP contribution is 2.29. The first kappa shape index (κ1) is 20.6. The van der Waals surface area contributed by atoms with Crippen LogP contribution >= 0.6 is 0 Å². The van der Waals surface area contributed by atoms with Crippen LogP contribution in [0.1, 0.15) is 60.8 Å². The van der Waals surface area contributed by atoms with E-state index in [1.165, 1.54) is 5.56 Å². The minimum Gasteiger partial charge on any atom is -0.466 e. The van der Waals surface area contributed by atoms with Gasteiger partial charge in [0.25, 0.3) is 5.91 Å². The SMILES string of the molecule is CCOC(=O)C1CCCN(C(=O)c2nc(-c3ccc(C)cc3)n3c2CCCCC3)C1. The van der Waals surface area contributed by atoms with Gasteiger partial charge in [-0.2, -0.15) is 0 Å². The fourth-order valence-electron chi connectivity index (χ4n) is 4.58. The number of hydrogen-bond donors (Lipinski definition) is 0. The van der Waals surface area contributed by atoms with Crippen LogP contribution in [0.2, 0.25) is 0 Å². The molecule has 2 aliphatic rings. The molecule has 1 saturated heterocycles. The minimum atomic E-state index is -0.236. The van der Waals surface area contributed by atoms with E-state index in [0.717, 1.165) is 62.2 Å². The number of imidazole rings is 1. The Morgan fingerprint density at radius 2 is 1.90 bits per heavy atom. The van der Waals surface area contributed by atoms with Gasteiger partial charge in [0.2, 0.25) is 0 Å². The maximum absolute atomic E-state index is 13.5. The number of aromatic nitrogens is 2. The third-order valence-corrected chi connectivity index (χ3v) is 6.21. The van der Waals surface area contributed by atoms with Gasteiger partial charge in [0, 0.05) is 25.2 Å². The van der Waals surface area contributed by atoms with Crippen molar-refractivity contribution in [1.82, 2.24) is 14.5 Å². The molecule has 0 N–H and O–H groups in total. The number of esters is 1. The Kier molecular flexibility index (Phi) is 6.21. The first-order valence-corrected chi connectivity index (χ1v) is 11.2. The van der Waals surface area contributed by atoms with Gasteiger partial charge in [0.1, 0.15) is 11.5 Å². The summed E-state index contributed by atoms with van der Waals surface area (Å²) in [5.74, 6) is 0.404. The summed E-state index contributed by atoms with van der Waals surface area (Å²) in [6.07, 6.45) is 5.80. The topological polar surface area (TPSA) is 64.4 Å². The van der Waals surface area contributed by atoms with E-state index in [2.05, 4.69) is 35.8 Å². The summed E-state index contributed by atoms with van der Waals surface area (Å²) in [6.45, 7) is 6.24. The van der Waals surface area contributed by atoms with Gasteiger partial charge >= 0.3 is 5.97 Å². The Labute approximate surface area is 178 Å². The van der Waals surface area contributed by atoms with Gasteiger partial charge < -0.3 is 14.2 Å². The van der Waals surface area contributed by atoms with E-state index in [-0.39, 0.29) is 17.8 Å². The Bertz CT molecular complexity index is 917. The highest BCUT2D eigenvalue weighted by Gasteiger charge is 2.33. The van der Waals surface area contributed by atoms with Crippen molar-refractivity contribution in [2.45, 2.75) is 58.9 Å². The van der Waals surface area contributed by atoms with Crippen LogP contribution in [0.25, 0.3) is 11.4 Å². The van der Waals surface area contributed by atoms with E-state index in [9.17, 15) is 9.59 Å². The number of fused-ring (bicyclic) bond motifs is 1. The molecule has 1 amide bonds. The number of hydrogen-bond acceptors (Lipinski definition) is 4. The number of benzene rings is 1. The Hall–Kier alpha value is -2.63. The van der Waals surface area contributed by atoms with Crippen molar-refractivity contribution >= 4 is 11.9 Å². The summed E-state index contributed by atoms with van der Waals surface area (Å²) in [7, 11) is 0. The van der Waals surface area contributed by atoms with Crippen molar-refractivity contribution in [2.24, 2.45) is 5.92 Å². The van der Waals surface area contributed by atoms with E-state index < -0.39 is 0 Å². The molecule has 0 aliphatic carbocycles. The molecule has 3 heterocycles. The predicted octanol–water partition coefficient (Wildman–Crippen LogP) is 4.00. The lowest BCUT2D eigenvalue weighted by molar-refractivity contribution is -0.149. The molecule has 1 aromatic carbocycles. The number of likely N-dealkylation sites (tertiary alicyclic amines) is 1. The molecule has 4 rings (SSSR count). The van der Waals surface area contributed by atoms with Crippen molar-refractivity contribution < 1.29 is 14.3 Å². The summed E-state index contributed by atoms with van der Waals surface area (Å²) in [5, 5.41) is 0. The van der Waals surface area contributed by atoms with Gasteiger partial charge in [-0.15, -0.1) is 0 Å². The van der Waals surface area contributed by atoms with Crippen LogP contribution in [0.15, 0.2) is 24.3 Å². The zero-order valence-electron chi connectivity index (χ0n) is 18.0. The molecule has 0 radical (unpaired) electrons. The molecule has 1 fully saturated rings. The summed E-state index contributed by atoms with van der Waals surface area (Å²) in [6, 6.07) is 8.34. The molecule has 160 valence electrons. The summed E-state index contributed by atoms with van der Waals surface area (Å²) >= 11 is 0. The molecule has 2 aliphatic heterocycles. The van der Waals surface area contributed by atoms with Gasteiger partial charge in [-0.1, -0.05) is 36.2 Å². The zero-order chi connectivity index (χ0) is 21.1. The summed E-state index contributed by atoms with van der Waals surface area (Å²) in [4.78, 5) is 32.4. The minimum absolute atomic E-state index is 0.0481. The third kappa shape index (κ3) is 4.13. The van der Waals surface area contributed by atoms with Gasteiger partial charge in [0.15, 0.2) is 0 Å². The van der Waals surface area contributed by atoms with Crippen LogP contribution in [0, 0.1) is 12.8 Å². The van der Waals surface area contributed by atoms with E-state index in [0.29, 0.717) is 25.4 Å². The Balaban J connectivity index is 1.65. The largest absolute Gasteiger partial charge is 0.466 e. The van der Waals surface area contributed by atoms with Gasteiger partial charge in [0.05, 0.1) is 18.2 Å². The number of carbonyl (C=O) groups is 2. The van der Waals surface area contributed by atoms with Gasteiger partial charge in [-0.05, 0) is 46.0 Å². The number of nitrogens with zero attached hydrogens (tertiary/aromatic N) is 3. The molecule has 6 nitrogen and oxygen atoms in total. The smallest absolute Gasteiger partial charge is 0.310 e. The highest BCUT2D eigenvalue weighted by molar-refractivity contribution is 5.94. The van der Waals surface area contributed by atoms with E-state index in [1.54, 1.807) is 4.90 Å². The monoisotopic (exact) mass is 409 g/mol. The molecule has 1 aromatic heterocycles. The van der Waals surface area contributed by atoms with Crippen LogP contribution in [-0.4, -0.2) is 46.0 Å². The standard InChI is InChI=1S/C24H31N3O3/c1-3-30-24(29)19-8-7-14-26(16-19)23(28)21-20-9-5-4-6-15-27(20)22(25-21)18-12-10-17(2)11-13-18/h10-13,19H,3-9,14-16H2,1-2H3. The van der Waals surface area contributed by atoms with Crippen LogP contribution in [0.4, 0.5) is 0 Å². The van der Waals surface area contributed by atoms with Crippen molar-refractivity contribution in [3.8, 4) is 11.4 Å². The number of rotatable bonds is 4. The summed E-state index contributed by atoms with van der Waals surface area (Å²) < 4.78 is 7.44. The van der Waals surface area contributed by atoms with Crippen molar-refractivity contribution in [3.05, 3.63) is 41.2 Å².